The number of aliphatic hydroxyl groups is 1. The van der Waals surface area contributed by atoms with Crippen molar-refractivity contribution in [3.8, 4) is 0 Å². The second kappa shape index (κ2) is 6.56. The van der Waals surface area contributed by atoms with Crippen molar-refractivity contribution in [1.29, 1.82) is 0 Å². The summed E-state index contributed by atoms with van der Waals surface area (Å²) in [5.41, 5.74) is 0.744. The van der Waals surface area contributed by atoms with Gasteiger partial charge in [-0.1, -0.05) is 48.5 Å². The topological polar surface area (TPSA) is 29.5 Å². The van der Waals surface area contributed by atoms with Crippen molar-refractivity contribution < 1.29 is 9.53 Å². The van der Waals surface area contributed by atoms with Gasteiger partial charge in [0.15, 0.2) is 8.32 Å². The molecule has 1 aliphatic carbocycles. The van der Waals surface area contributed by atoms with E-state index in [1.54, 1.807) is 0 Å². The van der Waals surface area contributed by atoms with Crippen molar-refractivity contribution in [1.82, 2.24) is 0 Å². The molecule has 1 saturated carbocycles. The summed E-state index contributed by atoms with van der Waals surface area (Å²) >= 11 is 0. The van der Waals surface area contributed by atoms with Crippen molar-refractivity contribution in [2.75, 3.05) is 13.2 Å². The smallest absolute Gasteiger partial charge is 0.191 e. The number of rotatable bonds is 5. The van der Waals surface area contributed by atoms with E-state index in [0.717, 1.165) is 6.61 Å². The fraction of sp³-hybridized carbons (Fsp3) is 1.00. The fourth-order valence-electron chi connectivity index (χ4n) is 4.13. The predicted molar refractivity (Wildman–Crippen MR) is 98.6 cm³/mol. The van der Waals surface area contributed by atoms with Gasteiger partial charge < -0.3 is 9.53 Å². The molecule has 0 spiro atoms. The minimum atomic E-state index is -1.73. The Balaban J connectivity index is 2.76. The van der Waals surface area contributed by atoms with E-state index in [2.05, 4.69) is 61.6 Å². The van der Waals surface area contributed by atoms with Crippen LogP contribution in [0.1, 0.15) is 67.7 Å². The zero-order chi connectivity index (χ0) is 17.4. The molecule has 1 atom stereocenters. The maximum absolute atomic E-state index is 9.95. The molecule has 132 valence electrons. The average molecular weight is 329 g/mol. The molecule has 0 aliphatic heterocycles. The van der Waals surface area contributed by atoms with Crippen LogP contribution >= 0.6 is 0 Å². The van der Waals surface area contributed by atoms with Crippen molar-refractivity contribution in [2.45, 2.75) is 85.9 Å². The quantitative estimate of drug-likeness (QED) is 0.678. The number of hydrogen-bond donors (Lipinski definition) is 1. The molecule has 1 rings (SSSR count). The Bertz CT molecular complexity index is 350. The highest BCUT2D eigenvalue weighted by Crippen LogP contribution is 2.50. The van der Waals surface area contributed by atoms with E-state index in [4.69, 9.17) is 4.43 Å². The van der Waals surface area contributed by atoms with E-state index < -0.39 is 8.32 Å². The Morgan fingerprint density at radius 2 is 1.55 bits per heavy atom. The van der Waals surface area contributed by atoms with Crippen molar-refractivity contribution >= 4 is 8.32 Å². The van der Waals surface area contributed by atoms with Crippen LogP contribution in [0, 0.1) is 22.7 Å². The van der Waals surface area contributed by atoms with Gasteiger partial charge >= 0.3 is 0 Å². The van der Waals surface area contributed by atoms with Gasteiger partial charge in [-0.25, -0.2) is 0 Å². The van der Waals surface area contributed by atoms with Gasteiger partial charge in [-0.3, -0.25) is 0 Å². The summed E-state index contributed by atoms with van der Waals surface area (Å²) in [5.74, 6) is 0.862. The summed E-state index contributed by atoms with van der Waals surface area (Å²) in [6.45, 7) is 21.9. The molecule has 0 aromatic carbocycles. The van der Waals surface area contributed by atoms with Crippen LogP contribution in [0.2, 0.25) is 18.1 Å². The molecule has 1 aliphatic rings. The second-order valence-corrected chi connectivity index (χ2v) is 15.5. The Labute approximate surface area is 140 Å². The zero-order valence-corrected chi connectivity index (χ0v) is 17.5. The van der Waals surface area contributed by atoms with Crippen LogP contribution in [0.15, 0.2) is 0 Å². The normalized spacial score (nSPS) is 24.3. The summed E-state index contributed by atoms with van der Waals surface area (Å²) in [7, 11) is -1.73. The molecule has 0 heterocycles. The molecule has 0 bridgehead atoms. The summed E-state index contributed by atoms with van der Waals surface area (Å²) in [6.07, 6.45) is 3.70. The van der Waals surface area contributed by atoms with Gasteiger partial charge in [-0.05, 0) is 54.1 Å². The van der Waals surface area contributed by atoms with E-state index in [1.165, 1.54) is 19.3 Å². The molecule has 3 heteroatoms. The highest BCUT2D eigenvalue weighted by molar-refractivity contribution is 6.74. The largest absolute Gasteiger partial charge is 0.416 e. The Morgan fingerprint density at radius 1 is 1.09 bits per heavy atom. The first kappa shape index (κ1) is 20.2. The van der Waals surface area contributed by atoms with Crippen LogP contribution in [0.3, 0.4) is 0 Å². The molecule has 1 unspecified atom stereocenters. The lowest BCUT2D eigenvalue weighted by Gasteiger charge is -2.47. The fourth-order valence-corrected chi connectivity index (χ4v) is 5.20. The van der Waals surface area contributed by atoms with E-state index in [-0.39, 0.29) is 17.6 Å². The van der Waals surface area contributed by atoms with Crippen LogP contribution in [-0.2, 0) is 4.43 Å². The van der Waals surface area contributed by atoms with Crippen molar-refractivity contribution in [2.24, 2.45) is 22.7 Å². The highest BCUT2D eigenvalue weighted by Gasteiger charge is 2.42. The maximum Gasteiger partial charge on any atom is 0.191 e. The van der Waals surface area contributed by atoms with Gasteiger partial charge in [0, 0.05) is 19.1 Å². The van der Waals surface area contributed by atoms with Crippen LogP contribution in [-0.4, -0.2) is 26.6 Å². The van der Waals surface area contributed by atoms with E-state index in [1.807, 2.05) is 0 Å². The summed E-state index contributed by atoms with van der Waals surface area (Å²) in [5, 5.41) is 10.2. The molecule has 0 aromatic rings. The Morgan fingerprint density at radius 3 is 1.91 bits per heavy atom. The third kappa shape index (κ3) is 5.35. The summed E-state index contributed by atoms with van der Waals surface area (Å²) in [6, 6.07) is 0. The monoisotopic (exact) mass is 328 g/mol. The molecule has 0 amide bonds. The van der Waals surface area contributed by atoms with E-state index in [9.17, 15) is 5.11 Å². The first-order valence-corrected chi connectivity index (χ1v) is 11.8. The average Bonchev–Trinajstić information content (AvgIpc) is 2.23. The Kier molecular flexibility index (Phi) is 6.02. The van der Waals surface area contributed by atoms with E-state index >= 15 is 0 Å². The van der Waals surface area contributed by atoms with Gasteiger partial charge in [0.25, 0.3) is 0 Å². The molecular formula is C19H40O2Si. The lowest BCUT2D eigenvalue weighted by atomic mass is 9.59. The predicted octanol–water partition coefficient (Wildman–Crippen LogP) is 5.47. The van der Waals surface area contributed by atoms with Crippen LogP contribution < -0.4 is 0 Å². The van der Waals surface area contributed by atoms with Gasteiger partial charge in [0.1, 0.15) is 0 Å². The molecule has 0 aromatic heterocycles. The molecule has 22 heavy (non-hydrogen) atoms. The first-order chi connectivity index (χ1) is 9.69. The Hall–Kier alpha value is 0.137. The van der Waals surface area contributed by atoms with Gasteiger partial charge in [0.2, 0.25) is 0 Å². The van der Waals surface area contributed by atoms with Crippen LogP contribution in [0.4, 0.5) is 0 Å². The second-order valence-electron chi connectivity index (χ2n) is 10.7. The van der Waals surface area contributed by atoms with Gasteiger partial charge in [0.05, 0.1) is 0 Å². The van der Waals surface area contributed by atoms with Crippen LogP contribution in [0.25, 0.3) is 0 Å². The molecule has 2 nitrogen and oxygen atoms in total. The molecule has 0 radical (unpaired) electrons. The van der Waals surface area contributed by atoms with Crippen molar-refractivity contribution in [3.63, 3.8) is 0 Å². The highest BCUT2D eigenvalue weighted by atomic mass is 28.4. The third-order valence-electron chi connectivity index (χ3n) is 5.95. The first-order valence-electron chi connectivity index (χ1n) is 8.94. The van der Waals surface area contributed by atoms with Gasteiger partial charge in [-0.15, -0.1) is 0 Å². The van der Waals surface area contributed by atoms with Crippen molar-refractivity contribution in [3.05, 3.63) is 0 Å². The lowest BCUT2D eigenvalue weighted by molar-refractivity contribution is 0.00623. The summed E-state index contributed by atoms with van der Waals surface area (Å²) in [4.78, 5) is 0. The van der Waals surface area contributed by atoms with Gasteiger partial charge in [-0.2, -0.15) is 0 Å². The minimum Gasteiger partial charge on any atom is -0.416 e. The third-order valence-corrected chi connectivity index (χ3v) is 10.5. The maximum atomic E-state index is 9.95. The summed E-state index contributed by atoms with van der Waals surface area (Å²) < 4.78 is 6.42. The lowest BCUT2D eigenvalue weighted by Crippen LogP contribution is -2.44. The molecule has 0 saturated heterocycles. The molecule has 1 N–H and O–H groups in total. The SMILES string of the molecule is CC1(C)CC(C(CO)CO[Si](C)(C)C(C)(C)C)CC(C)(C)C1. The zero-order valence-electron chi connectivity index (χ0n) is 16.5. The minimum absolute atomic E-state index is 0.234. The standard InChI is InChI=1S/C19H40O2Si/c1-17(2,3)22(8,9)21-13-16(12-20)15-10-18(4,5)14-19(6,7)11-15/h15-16,20H,10-14H2,1-9H3. The molecule has 1 fully saturated rings. The number of aliphatic hydroxyl groups excluding tert-OH is 1. The van der Waals surface area contributed by atoms with E-state index in [0.29, 0.717) is 16.7 Å². The van der Waals surface area contributed by atoms with Crippen LogP contribution in [0.5, 0.6) is 0 Å². The molecular weight excluding hydrogens is 288 g/mol. The number of hydrogen-bond acceptors (Lipinski definition) is 2.